The lowest BCUT2D eigenvalue weighted by Gasteiger charge is -2.26. The summed E-state index contributed by atoms with van der Waals surface area (Å²) in [5, 5.41) is 4.15. The smallest absolute Gasteiger partial charge is 0.243 e. The van der Waals surface area contributed by atoms with E-state index in [1.165, 1.54) is 4.31 Å². The van der Waals surface area contributed by atoms with E-state index in [4.69, 9.17) is 9.47 Å². The van der Waals surface area contributed by atoms with Gasteiger partial charge in [-0.1, -0.05) is 24.3 Å². The van der Waals surface area contributed by atoms with Crippen molar-refractivity contribution in [1.82, 2.24) is 9.73 Å². The first-order valence-electron chi connectivity index (χ1n) is 10.0. The van der Waals surface area contributed by atoms with Gasteiger partial charge in [-0.2, -0.15) is 9.41 Å². The zero-order chi connectivity index (χ0) is 22.3. The first kappa shape index (κ1) is 22.9. The minimum absolute atomic E-state index is 0.215. The maximum atomic E-state index is 12.7. The van der Waals surface area contributed by atoms with E-state index in [-0.39, 0.29) is 17.2 Å². The van der Waals surface area contributed by atoms with Gasteiger partial charge in [0, 0.05) is 25.1 Å². The molecule has 0 saturated carbocycles. The van der Waals surface area contributed by atoms with E-state index in [1.807, 2.05) is 31.2 Å². The molecule has 8 nitrogen and oxygen atoms in total. The molecule has 0 bridgehead atoms. The highest BCUT2D eigenvalue weighted by molar-refractivity contribution is 7.89. The molecule has 3 rings (SSSR count). The minimum Gasteiger partial charge on any atom is -0.497 e. The number of hydrogen-bond donors (Lipinski definition) is 1. The quantitative estimate of drug-likeness (QED) is 0.496. The Hall–Kier alpha value is -2.75. The first-order chi connectivity index (χ1) is 14.9. The van der Waals surface area contributed by atoms with Gasteiger partial charge in [-0.15, -0.1) is 0 Å². The van der Waals surface area contributed by atoms with Crippen LogP contribution in [0.3, 0.4) is 0 Å². The van der Waals surface area contributed by atoms with Crippen molar-refractivity contribution in [3.05, 3.63) is 59.7 Å². The third-order valence-electron chi connectivity index (χ3n) is 5.01. The number of hydrazone groups is 1. The zero-order valence-electron chi connectivity index (χ0n) is 17.7. The molecule has 0 aliphatic carbocycles. The predicted octanol–water partition coefficient (Wildman–Crippen LogP) is 2.19. The van der Waals surface area contributed by atoms with Gasteiger partial charge in [-0.3, -0.25) is 4.79 Å². The average Bonchev–Trinajstić information content (AvgIpc) is 2.82. The minimum atomic E-state index is -3.51. The van der Waals surface area contributed by atoms with Crippen LogP contribution in [0.2, 0.25) is 0 Å². The first-order valence-corrected chi connectivity index (χ1v) is 11.5. The Morgan fingerprint density at radius 3 is 2.55 bits per heavy atom. The van der Waals surface area contributed by atoms with Crippen molar-refractivity contribution in [1.29, 1.82) is 0 Å². The summed E-state index contributed by atoms with van der Waals surface area (Å²) in [5.41, 5.74) is 4.97. The monoisotopic (exact) mass is 445 g/mol. The standard InChI is InChI=1S/C22H27N3O5S/c1-17(19-4-3-5-20(16-19)29-2)23-24-22(26)11-8-18-6-9-21(10-7-18)31(27,28)25-12-14-30-15-13-25/h3-7,9-10,16H,8,11-15H2,1-2H3,(H,24,26)/b23-17+. The molecule has 1 amide bonds. The van der Waals surface area contributed by atoms with Gasteiger partial charge in [0.2, 0.25) is 15.9 Å². The molecule has 0 aromatic heterocycles. The molecule has 2 aromatic carbocycles. The third kappa shape index (κ3) is 6.13. The van der Waals surface area contributed by atoms with E-state index in [9.17, 15) is 13.2 Å². The molecule has 9 heteroatoms. The highest BCUT2D eigenvalue weighted by atomic mass is 32.2. The summed E-state index contributed by atoms with van der Waals surface area (Å²) in [4.78, 5) is 12.4. The topological polar surface area (TPSA) is 97.3 Å². The van der Waals surface area contributed by atoms with E-state index < -0.39 is 10.0 Å². The van der Waals surface area contributed by atoms with Gasteiger partial charge in [0.1, 0.15) is 5.75 Å². The summed E-state index contributed by atoms with van der Waals surface area (Å²) in [6.07, 6.45) is 0.724. The lowest BCUT2D eigenvalue weighted by molar-refractivity contribution is -0.121. The number of carbonyl (C=O) groups excluding carboxylic acids is 1. The number of nitrogens with zero attached hydrogens (tertiary/aromatic N) is 2. The molecule has 0 spiro atoms. The summed E-state index contributed by atoms with van der Waals surface area (Å²) < 4.78 is 37.2. The predicted molar refractivity (Wildman–Crippen MR) is 118 cm³/mol. The van der Waals surface area contributed by atoms with E-state index >= 15 is 0 Å². The largest absolute Gasteiger partial charge is 0.497 e. The summed E-state index contributed by atoms with van der Waals surface area (Å²) in [6.45, 7) is 3.35. The molecule has 1 aliphatic heterocycles. The molecular formula is C22H27N3O5S. The fourth-order valence-corrected chi connectivity index (χ4v) is 4.54. The molecule has 1 N–H and O–H groups in total. The van der Waals surface area contributed by atoms with E-state index in [2.05, 4.69) is 10.5 Å². The van der Waals surface area contributed by atoms with Crippen molar-refractivity contribution in [2.24, 2.45) is 5.10 Å². The fraction of sp³-hybridized carbons (Fsp3) is 0.364. The number of amides is 1. The molecule has 31 heavy (non-hydrogen) atoms. The van der Waals surface area contributed by atoms with Crippen molar-refractivity contribution in [3.63, 3.8) is 0 Å². The Kier molecular flexibility index (Phi) is 7.78. The second-order valence-electron chi connectivity index (χ2n) is 7.12. The van der Waals surface area contributed by atoms with Crippen LogP contribution in [0.1, 0.15) is 24.5 Å². The average molecular weight is 446 g/mol. The van der Waals surface area contributed by atoms with Crippen LogP contribution in [0.15, 0.2) is 58.5 Å². The Morgan fingerprint density at radius 1 is 1.16 bits per heavy atom. The highest BCUT2D eigenvalue weighted by Crippen LogP contribution is 2.18. The van der Waals surface area contributed by atoms with Gasteiger partial charge in [-0.05, 0) is 43.2 Å². The summed E-state index contributed by atoms with van der Waals surface area (Å²) in [7, 11) is -1.92. The number of methoxy groups -OCH3 is 1. The van der Waals surface area contributed by atoms with Crippen LogP contribution >= 0.6 is 0 Å². The van der Waals surface area contributed by atoms with Gasteiger partial charge in [-0.25, -0.2) is 13.8 Å². The van der Waals surface area contributed by atoms with Crippen LogP contribution in [0.5, 0.6) is 5.75 Å². The van der Waals surface area contributed by atoms with Crippen molar-refractivity contribution in [3.8, 4) is 5.75 Å². The lowest BCUT2D eigenvalue weighted by Crippen LogP contribution is -2.40. The van der Waals surface area contributed by atoms with E-state index in [0.717, 1.165) is 16.9 Å². The maximum absolute atomic E-state index is 12.7. The Morgan fingerprint density at radius 2 is 1.87 bits per heavy atom. The van der Waals surface area contributed by atoms with E-state index in [1.54, 1.807) is 31.4 Å². The van der Waals surface area contributed by atoms with Gasteiger partial charge in [0.05, 0.1) is 30.9 Å². The number of rotatable bonds is 8. The molecule has 1 saturated heterocycles. The molecule has 1 heterocycles. The summed E-state index contributed by atoms with van der Waals surface area (Å²) in [5.74, 6) is 0.504. The number of aryl methyl sites for hydroxylation is 1. The molecule has 166 valence electrons. The van der Waals surface area contributed by atoms with E-state index in [0.29, 0.717) is 38.4 Å². The normalized spacial score (nSPS) is 15.5. The molecule has 0 unspecified atom stereocenters. The Bertz CT molecular complexity index is 1030. The number of ether oxygens (including phenoxy) is 2. The van der Waals surface area contributed by atoms with Gasteiger partial charge in [0.15, 0.2) is 0 Å². The molecule has 0 radical (unpaired) electrons. The molecule has 1 fully saturated rings. The second-order valence-corrected chi connectivity index (χ2v) is 9.06. The van der Waals surface area contributed by atoms with Crippen LogP contribution in [0.25, 0.3) is 0 Å². The van der Waals surface area contributed by atoms with Crippen molar-refractivity contribution in [2.75, 3.05) is 33.4 Å². The molecule has 0 atom stereocenters. The number of carbonyl (C=O) groups is 1. The van der Waals surface area contributed by atoms with Crippen LogP contribution in [-0.4, -0.2) is 57.8 Å². The SMILES string of the molecule is COc1cccc(/C(C)=N/NC(=O)CCc2ccc(S(=O)(=O)N3CCOCC3)cc2)c1. The van der Waals surface area contributed by atoms with Gasteiger partial charge >= 0.3 is 0 Å². The Labute approximate surface area is 182 Å². The lowest BCUT2D eigenvalue weighted by atomic mass is 10.1. The number of nitrogens with one attached hydrogen (secondary N) is 1. The number of sulfonamides is 1. The zero-order valence-corrected chi connectivity index (χ0v) is 18.5. The number of hydrogen-bond acceptors (Lipinski definition) is 6. The van der Waals surface area contributed by atoms with Crippen molar-refractivity contribution in [2.45, 2.75) is 24.7 Å². The Balaban J connectivity index is 1.53. The highest BCUT2D eigenvalue weighted by Gasteiger charge is 2.26. The third-order valence-corrected chi connectivity index (χ3v) is 6.92. The van der Waals surface area contributed by atoms with Crippen molar-refractivity contribution < 1.29 is 22.7 Å². The number of benzene rings is 2. The van der Waals surface area contributed by atoms with Crippen LogP contribution < -0.4 is 10.2 Å². The van der Waals surface area contributed by atoms with Crippen LogP contribution in [0.4, 0.5) is 0 Å². The molecule has 1 aliphatic rings. The number of morpholine rings is 1. The summed E-state index contributed by atoms with van der Waals surface area (Å²) >= 11 is 0. The summed E-state index contributed by atoms with van der Waals surface area (Å²) in [6, 6.07) is 14.1. The molecule has 2 aromatic rings. The van der Waals surface area contributed by atoms with Crippen LogP contribution in [-0.2, 0) is 26.0 Å². The fourth-order valence-electron chi connectivity index (χ4n) is 3.14. The maximum Gasteiger partial charge on any atom is 0.243 e. The molecular weight excluding hydrogens is 418 g/mol. The van der Waals surface area contributed by atoms with Gasteiger partial charge < -0.3 is 9.47 Å². The van der Waals surface area contributed by atoms with Crippen LogP contribution in [0, 0.1) is 0 Å². The second kappa shape index (κ2) is 10.5. The van der Waals surface area contributed by atoms with Gasteiger partial charge in [0.25, 0.3) is 0 Å². The van der Waals surface area contributed by atoms with Crippen molar-refractivity contribution >= 4 is 21.6 Å².